The number of halogens is 1. The zero-order chi connectivity index (χ0) is 13.9. The molecule has 20 heavy (non-hydrogen) atoms. The molecule has 0 fully saturated rings. The minimum Gasteiger partial charge on any atom is -0.460 e. The van der Waals surface area contributed by atoms with Gasteiger partial charge in [0.2, 0.25) is 0 Å². The van der Waals surface area contributed by atoms with Crippen molar-refractivity contribution in [3.8, 4) is 0 Å². The van der Waals surface area contributed by atoms with E-state index in [1.807, 2.05) is 24.3 Å². The zero-order valence-electron chi connectivity index (χ0n) is 11.3. The fraction of sp³-hybridized carbons (Fsp3) is 0.176. The third-order valence-corrected chi connectivity index (χ3v) is 3.90. The summed E-state index contributed by atoms with van der Waals surface area (Å²) in [7, 11) is 0. The molecule has 1 N–H and O–H groups in total. The Hall–Kier alpha value is -1.58. The van der Waals surface area contributed by atoms with Crippen LogP contribution in [0.2, 0.25) is 0 Å². The summed E-state index contributed by atoms with van der Waals surface area (Å²) in [5, 5.41) is 4.64. The molecule has 0 saturated carbocycles. The first-order valence-electron chi connectivity index (χ1n) is 6.69. The highest BCUT2D eigenvalue weighted by atomic mass is 79.9. The van der Waals surface area contributed by atoms with Crippen LogP contribution >= 0.6 is 15.9 Å². The monoisotopic (exact) mass is 329 g/mol. The predicted octanol–water partition coefficient (Wildman–Crippen LogP) is 5.05. The summed E-state index contributed by atoms with van der Waals surface area (Å²) >= 11 is 3.50. The van der Waals surface area contributed by atoms with E-state index in [-0.39, 0.29) is 6.04 Å². The Labute approximate surface area is 126 Å². The maximum absolute atomic E-state index is 5.81. The normalized spacial score (nSPS) is 12.7. The van der Waals surface area contributed by atoms with Gasteiger partial charge in [-0.15, -0.1) is 0 Å². The molecule has 0 saturated heterocycles. The van der Waals surface area contributed by atoms with Gasteiger partial charge in [0, 0.05) is 15.9 Å². The second-order valence-corrected chi connectivity index (χ2v) is 5.82. The molecule has 0 spiro atoms. The van der Waals surface area contributed by atoms with E-state index in [9.17, 15) is 0 Å². The van der Waals surface area contributed by atoms with Crippen LogP contribution in [0.15, 0.2) is 63.5 Å². The van der Waals surface area contributed by atoms with Gasteiger partial charge in [-0.3, -0.25) is 0 Å². The van der Waals surface area contributed by atoms with Crippen LogP contribution in [0.25, 0.3) is 11.0 Å². The molecular weight excluding hydrogens is 314 g/mol. The Balaban J connectivity index is 1.69. The van der Waals surface area contributed by atoms with Crippen molar-refractivity contribution >= 4 is 26.9 Å². The van der Waals surface area contributed by atoms with Gasteiger partial charge < -0.3 is 9.73 Å². The molecule has 3 heteroatoms. The van der Waals surface area contributed by atoms with Gasteiger partial charge in [-0.1, -0.05) is 46.3 Å². The molecule has 0 amide bonds. The summed E-state index contributed by atoms with van der Waals surface area (Å²) in [4.78, 5) is 0. The quantitative estimate of drug-likeness (QED) is 0.724. The van der Waals surface area contributed by atoms with Gasteiger partial charge in [0.05, 0.1) is 6.54 Å². The molecule has 102 valence electrons. The van der Waals surface area contributed by atoms with Gasteiger partial charge >= 0.3 is 0 Å². The number of fused-ring (bicyclic) bond motifs is 1. The van der Waals surface area contributed by atoms with Crippen LogP contribution in [0.4, 0.5) is 0 Å². The van der Waals surface area contributed by atoms with Crippen molar-refractivity contribution in [1.82, 2.24) is 5.32 Å². The molecule has 2 nitrogen and oxygen atoms in total. The lowest BCUT2D eigenvalue weighted by atomic mass is 10.1. The van der Waals surface area contributed by atoms with E-state index >= 15 is 0 Å². The maximum Gasteiger partial charge on any atom is 0.134 e. The van der Waals surface area contributed by atoms with Crippen molar-refractivity contribution in [2.75, 3.05) is 0 Å². The smallest absolute Gasteiger partial charge is 0.134 e. The first-order chi connectivity index (χ1) is 9.72. The standard InChI is InChI=1S/C17H16BrNO/c1-12(13-6-4-7-15(18)9-13)19-11-16-10-14-5-2-3-8-17(14)20-16/h2-10,12,19H,11H2,1H3/t12-/m0/s1. The molecule has 1 heterocycles. The van der Waals surface area contributed by atoms with Gasteiger partial charge in [-0.2, -0.15) is 0 Å². The van der Waals surface area contributed by atoms with Crippen LogP contribution in [0, 0.1) is 0 Å². The van der Waals surface area contributed by atoms with Crippen molar-refractivity contribution in [2.45, 2.75) is 19.5 Å². The van der Waals surface area contributed by atoms with Gasteiger partial charge in [-0.25, -0.2) is 0 Å². The zero-order valence-corrected chi connectivity index (χ0v) is 12.9. The van der Waals surface area contributed by atoms with Gasteiger partial charge in [0.1, 0.15) is 11.3 Å². The van der Waals surface area contributed by atoms with Gasteiger partial charge in [-0.05, 0) is 36.8 Å². The Morgan fingerprint density at radius 2 is 1.95 bits per heavy atom. The lowest BCUT2D eigenvalue weighted by Gasteiger charge is -2.13. The second kappa shape index (κ2) is 5.81. The van der Waals surface area contributed by atoms with Crippen molar-refractivity contribution in [2.24, 2.45) is 0 Å². The van der Waals surface area contributed by atoms with E-state index in [1.54, 1.807) is 0 Å². The summed E-state index contributed by atoms with van der Waals surface area (Å²) < 4.78 is 6.91. The molecule has 3 rings (SSSR count). The molecule has 0 radical (unpaired) electrons. The summed E-state index contributed by atoms with van der Waals surface area (Å²) in [6.07, 6.45) is 0. The largest absolute Gasteiger partial charge is 0.460 e. The molecule has 0 aliphatic heterocycles. The minimum atomic E-state index is 0.278. The number of para-hydroxylation sites is 1. The van der Waals surface area contributed by atoms with E-state index < -0.39 is 0 Å². The van der Waals surface area contributed by atoms with Gasteiger partial charge in [0.15, 0.2) is 0 Å². The summed E-state index contributed by atoms with van der Waals surface area (Å²) in [5.41, 5.74) is 2.20. The molecule has 1 aromatic heterocycles. The fourth-order valence-electron chi connectivity index (χ4n) is 2.27. The molecule has 0 aliphatic rings. The van der Waals surface area contributed by atoms with E-state index in [1.165, 1.54) is 5.56 Å². The van der Waals surface area contributed by atoms with E-state index in [0.717, 1.165) is 27.7 Å². The molecule has 0 bridgehead atoms. The fourth-order valence-corrected chi connectivity index (χ4v) is 2.69. The molecule has 0 unspecified atom stereocenters. The highest BCUT2D eigenvalue weighted by molar-refractivity contribution is 9.10. The molecule has 3 aromatic rings. The number of hydrogen-bond acceptors (Lipinski definition) is 2. The summed E-state index contributed by atoms with van der Waals surface area (Å²) in [6.45, 7) is 2.88. The van der Waals surface area contributed by atoms with Crippen molar-refractivity contribution in [3.05, 3.63) is 70.4 Å². The highest BCUT2D eigenvalue weighted by Gasteiger charge is 2.07. The highest BCUT2D eigenvalue weighted by Crippen LogP contribution is 2.21. The number of nitrogens with one attached hydrogen (secondary N) is 1. The number of rotatable bonds is 4. The SMILES string of the molecule is C[C@H](NCc1cc2ccccc2o1)c1cccc(Br)c1. The Morgan fingerprint density at radius 1 is 1.10 bits per heavy atom. The van der Waals surface area contributed by atoms with Crippen molar-refractivity contribution in [3.63, 3.8) is 0 Å². The van der Waals surface area contributed by atoms with E-state index in [2.05, 4.69) is 58.5 Å². The topological polar surface area (TPSA) is 25.2 Å². The van der Waals surface area contributed by atoms with Crippen LogP contribution in [0.5, 0.6) is 0 Å². The third kappa shape index (κ3) is 2.94. The lowest BCUT2D eigenvalue weighted by molar-refractivity contribution is 0.482. The molecule has 2 aromatic carbocycles. The average Bonchev–Trinajstić information content (AvgIpc) is 2.87. The maximum atomic E-state index is 5.81. The first-order valence-corrected chi connectivity index (χ1v) is 7.48. The van der Waals surface area contributed by atoms with Crippen LogP contribution in [-0.4, -0.2) is 0 Å². The Morgan fingerprint density at radius 3 is 2.75 bits per heavy atom. The van der Waals surface area contributed by atoms with E-state index in [4.69, 9.17) is 4.42 Å². The van der Waals surface area contributed by atoms with Crippen molar-refractivity contribution in [1.29, 1.82) is 0 Å². The van der Waals surface area contributed by atoms with E-state index in [0.29, 0.717) is 0 Å². The number of benzene rings is 2. The second-order valence-electron chi connectivity index (χ2n) is 4.91. The summed E-state index contributed by atoms with van der Waals surface area (Å²) in [6, 6.07) is 18.8. The molecule has 0 aliphatic carbocycles. The number of furan rings is 1. The predicted molar refractivity (Wildman–Crippen MR) is 85.6 cm³/mol. The van der Waals surface area contributed by atoms with Gasteiger partial charge in [0.25, 0.3) is 0 Å². The number of hydrogen-bond donors (Lipinski definition) is 1. The first kappa shape index (κ1) is 13.4. The Bertz CT molecular complexity index is 687. The minimum absolute atomic E-state index is 0.278. The average molecular weight is 330 g/mol. The Kier molecular flexibility index (Phi) is 3.90. The molecular formula is C17H16BrNO. The van der Waals surface area contributed by atoms with Crippen LogP contribution in [0.1, 0.15) is 24.3 Å². The van der Waals surface area contributed by atoms with Crippen molar-refractivity contribution < 1.29 is 4.42 Å². The third-order valence-electron chi connectivity index (χ3n) is 3.41. The van der Waals surface area contributed by atoms with Crippen LogP contribution in [-0.2, 0) is 6.54 Å². The molecule has 1 atom stereocenters. The van der Waals surface area contributed by atoms with Crippen LogP contribution < -0.4 is 5.32 Å². The lowest BCUT2D eigenvalue weighted by Crippen LogP contribution is -2.17. The van der Waals surface area contributed by atoms with Crippen LogP contribution in [0.3, 0.4) is 0 Å². The summed E-state index contributed by atoms with van der Waals surface area (Å²) in [5.74, 6) is 0.966.